The second-order valence-electron chi connectivity index (χ2n) is 6.66. The molecule has 1 aromatic carbocycles. The summed E-state index contributed by atoms with van der Waals surface area (Å²) in [4.78, 5) is 16.3. The number of nitrogens with zero attached hydrogens (tertiary/aromatic N) is 1. The standard InChI is InChI=1S/C21H21F3N2O/c22-21(23,24)17-8-9-18(15-6-4-2-1-3-5-7-15)19(14-17)26-20(27)16-10-12-25-13-11-16/h4,6,8-15H,1-3,5,7H2,(H,26,27). The van der Waals surface area contributed by atoms with Crippen LogP contribution < -0.4 is 5.32 Å². The minimum Gasteiger partial charge on any atom is -0.322 e. The van der Waals surface area contributed by atoms with Gasteiger partial charge in [0.2, 0.25) is 0 Å². The van der Waals surface area contributed by atoms with Crippen LogP contribution in [0, 0.1) is 0 Å². The Labute approximate surface area is 156 Å². The predicted molar refractivity (Wildman–Crippen MR) is 98.6 cm³/mol. The Morgan fingerprint density at radius 1 is 1.07 bits per heavy atom. The van der Waals surface area contributed by atoms with Gasteiger partial charge in [-0.25, -0.2) is 0 Å². The summed E-state index contributed by atoms with van der Waals surface area (Å²) >= 11 is 0. The predicted octanol–water partition coefficient (Wildman–Crippen LogP) is 5.96. The molecule has 0 saturated heterocycles. The molecule has 142 valence electrons. The monoisotopic (exact) mass is 374 g/mol. The van der Waals surface area contributed by atoms with E-state index in [1.54, 1.807) is 0 Å². The molecule has 0 spiro atoms. The van der Waals surface area contributed by atoms with E-state index >= 15 is 0 Å². The van der Waals surface area contributed by atoms with Crippen molar-refractivity contribution >= 4 is 11.6 Å². The number of carbonyl (C=O) groups is 1. The molecule has 1 unspecified atom stereocenters. The first-order valence-corrected chi connectivity index (χ1v) is 9.04. The maximum Gasteiger partial charge on any atom is 0.416 e. The summed E-state index contributed by atoms with van der Waals surface area (Å²) in [5, 5.41) is 2.67. The van der Waals surface area contributed by atoms with Crippen molar-refractivity contribution in [3.8, 4) is 0 Å². The molecule has 0 fully saturated rings. The zero-order valence-electron chi connectivity index (χ0n) is 14.8. The van der Waals surface area contributed by atoms with Crippen LogP contribution in [0.4, 0.5) is 18.9 Å². The van der Waals surface area contributed by atoms with Crippen molar-refractivity contribution in [2.45, 2.75) is 44.2 Å². The Morgan fingerprint density at radius 2 is 1.85 bits per heavy atom. The van der Waals surface area contributed by atoms with Gasteiger partial charge in [-0.2, -0.15) is 13.2 Å². The van der Waals surface area contributed by atoms with E-state index in [1.165, 1.54) is 30.6 Å². The van der Waals surface area contributed by atoms with Crippen LogP contribution in [0.15, 0.2) is 54.9 Å². The molecule has 1 aliphatic carbocycles. The summed E-state index contributed by atoms with van der Waals surface area (Å²) in [5.41, 5.74) is 0.498. The zero-order valence-corrected chi connectivity index (χ0v) is 14.8. The van der Waals surface area contributed by atoms with Crippen LogP contribution in [0.2, 0.25) is 0 Å². The maximum atomic E-state index is 13.2. The number of amides is 1. The van der Waals surface area contributed by atoms with Crippen molar-refractivity contribution in [3.63, 3.8) is 0 Å². The maximum absolute atomic E-state index is 13.2. The highest BCUT2D eigenvalue weighted by Gasteiger charge is 2.31. The number of pyridine rings is 1. The topological polar surface area (TPSA) is 42.0 Å². The van der Waals surface area contributed by atoms with Gasteiger partial charge in [0.15, 0.2) is 0 Å². The lowest BCUT2D eigenvalue weighted by Crippen LogP contribution is -2.16. The van der Waals surface area contributed by atoms with Crippen LogP contribution in [-0.4, -0.2) is 10.9 Å². The SMILES string of the molecule is O=C(Nc1cc(C(F)(F)F)ccc1C1C=CCCCCC1)c1ccncc1. The average Bonchev–Trinajstić information content (AvgIpc) is 2.62. The van der Waals surface area contributed by atoms with Gasteiger partial charge in [0.1, 0.15) is 0 Å². The molecule has 1 atom stereocenters. The lowest BCUT2D eigenvalue weighted by atomic mass is 9.88. The minimum atomic E-state index is -4.47. The summed E-state index contributed by atoms with van der Waals surface area (Å²) in [6.45, 7) is 0. The summed E-state index contributed by atoms with van der Waals surface area (Å²) in [5.74, 6) is -0.465. The smallest absolute Gasteiger partial charge is 0.322 e. The van der Waals surface area contributed by atoms with E-state index in [9.17, 15) is 18.0 Å². The van der Waals surface area contributed by atoms with Gasteiger partial charge in [-0.3, -0.25) is 9.78 Å². The molecule has 0 aliphatic heterocycles. The zero-order chi connectivity index (χ0) is 19.3. The number of hydrogen-bond donors (Lipinski definition) is 1. The fourth-order valence-corrected chi connectivity index (χ4v) is 3.28. The molecule has 2 aromatic rings. The summed E-state index contributed by atoms with van der Waals surface area (Å²) < 4.78 is 39.6. The van der Waals surface area contributed by atoms with E-state index < -0.39 is 17.6 Å². The van der Waals surface area contributed by atoms with Gasteiger partial charge in [-0.1, -0.05) is 31.1 Å². The molecule has 1 aliphatic rings. The number of alkyl halides is 3. The third-order valence-corrected chi connectivity index (χ3v) is 4.73. The largest absolute Gasteiger partial charge is 0.416 e. The molecular weight excluding hydrogens is 353 g/mol. The van der Waals surface area contributed by atoms with Crippen molar-refractivity contribution < 1.29 is 18.0 Å². The van der Waals surface area contributed by atoms with Gasteiger partial charge in [-0.15, -0.1) is 0 Å². The van der Waals surface area contributed by atoms with Gasteiger partial charge in [-0.05, 0) is 49.1 Å². The Balaban J connectivity index is 1.97. The quantitative estimate of drug-likeness (QED) is 0.674. The first-order chi connectivity index (χ1) is 12.9. The number of nitrogens with one attached hydrogen (secondary N) is 1. The number of rotatable bonds is 3. The molecule has 3 rings (SSSR count). The van der Waals surface area contributed by atoms with Gasteiger partial charge >= 0.3 is 6.18 Å². The first kappa shape index (κ1) is 19.1. The Morgan fingerprint density at radius 3 is 2.59 bits per heavy atom. The van der Waals surface area contributed by atoms with Gasteiger partial charge < -0.3 is 5.32 Å². The number of carbonyl (C=O) groups excluding carboxylic acids is 1. The lowest BCUT2D eigenvalue weighted by Gasteiger charge is -2.21. The average molecular weight is 374 g/mol. The number of benzene rings is 1. The number of halogens is 3. The third kappa shape index (κ3) is 4.96. The van der Waals surface area contributed by atoms with Crippen molar-refractivity contribution in [2.24, 2.45) is 0 Å². The first-order valence-electron chi connectivity index (χ1n) is 9.04. The van der Waals surface area contributed by atoms with E-state index in [0.29, 0.717) is 11.1 Å². The van der Waals surface area contributed by atoms with Crippen LogP contribution in [0.1, 0.15) is 59.5 Å². The van der Waals surface area contributed by atoms with Crippen molar-refractivity contribution in [1.82, 2.24) is 4.98 Å². The lowest BCUT2D eigenvalue weighted by molar-refractivity contribution is -0.137. The molecule has 0 bridgehead atoms. The molecular formula is C21H21F3N2O. The highest BCUT2D eigenvalue weighted by Crippen LogP contribution is 2.37. The van der Waals surface area contributed by atoms with E-state index in [0.717, 1.165) is 44.2 Å². The summed E-state index contributed by atoms with van der Waals surface area (Å²) in [6, 6.07) is 6.66. The molecule has 1 aromatic heterocycles. The van der Waals surface area contributed by atoms with Crippen LogP contribution in [0.25, 0.3) is 0 Å². The fraction of sp³-hybridized carbons (Fsp3) is 0.333. The molecule has 1 N–H and O–H groups in total. The summed E-state index contributed by atoms with van der Waals surface area (Å²) in [7, 11) is 0. The van der Waals surface area contributed by atoms with E-state index in [4.69, 9.17) is 0 Å². The number of anilines is 1. The molecule has 0 radical (unpaired) electrons. The molecule has 1 heterocycles. The fourth-order valence-electron chi connectivity index (χ4n) is 3.28. The third-order valence-electron chi connectivity index (χ3n) is 4.73. The molecule has 27 heavy (non-hydrogen) atoms. The molecule has 6 heteroatoms. The molecule has 1 amide bonds. The second-order valence-corrected chi connectivity index (χ2v) is 6.66. The highest BCUT2D eigenvalue weighted by atomic mass is 19.4. The van der Waals surface area contributed by atoms with E-state index in [2.05, 4.69) is 16.4 Å². The Hall–Kier alpha value is -2.63. The van der Waals surface area contributed by atoms with Crippen LogP contribution >= 0.6 is 0 Å². The minimum absolute atomic E-state index is 0.0136. The highest BCUT2D eigenvalue weighted by molar-refractivity contribution is 6.04. The van der Waals surface area contributed by atoms with Crippen molar-refractivity contribution in [2.75, 3.05) is 5.32 Å². The Bertz CT molecular complexity index is 816. The normalized spacial score (nSPS) is 17.8. The van der Waals surface area contributed by atoms with Gasteiger partial charge in [0.25, 0.3) is 5.91 Å². The van der Waals surface area contributed by atoms with Crippen LogP contribution in [0.5, 0.6) is 0 Å². The van der Waals surface area contributed by atoms with Crippen LogP contribution in [-0.2, 0) is 6.18 Å². The van der Waals surface area contributed by atoms with E-state index in [1.807, 2.05) is 6.08 Å². The number of allylic oxidation sites excluding steroid dienone is 2. The number of aromatic nitrogens is 1. The van der Waals surface area contributed by atoms with Gasteiger partial charge in [0, 0.05) is 29.6 Å². The molecule has 0 saturated carbocycles. The molecule has 3 nitrogen and oxygen atoms in total. The summed E-state index contributed by atoms with van der Waals surface area (Å²) in [6.07, 6.45) is 7.65. The van der Waals surface area contributed by atoms with Gasteiger partial charge in [0.05, 0.1) is 5.56 Å². The van der Waals surface area contributed by atoms with Crippen LogP contribution in [0.3, 0.4) is 0 Å². The Kier molecular flexibility index (Phi) is 5.94. The number of hydrogen-bond acceptors (Lipinski definition) is 2. The van der Waals surface area contributed by atoms with Crippen molar-refractivity contribution in [3.05, 3.63) is 71.6 Å². The van der Waals surface area contributed by atoms with E-state index in [-0.39, 0.29) is 11.6 Å². The second kappa shape index (κ2) is 8.37. The van der Waals surface area contributed by atoms with Crippen molar-refractivity contribution in [1.29, 1.82) is 0 Å².